The first kappa shape index (κ1) is 18.0. The Hall–Kier alpha value is -3.38. The molecule has 0 amide bonds. The molecule has 1 aliphatic heterocycles. The van der Waals surface area contributed by atoms with Crippen molar-refractivity contribution in [1.29, 1.82) is 5.26 Å². The average molecular weight is 378 g/mol. The quantitative estimate of drug-likeness (QED) is 0.702. The number of fused-ring (bicyclic) bond motifs is 1. The van der Waals surface area contributed by atoms with Gasteiger partial charge in [0.15, 0.2) is 0 Å². The monoisotopic (exact) mass is 378 g/mol. The Labute approximate surface area is 162 Å². The summed E-state index contributed by atoms with van der Waals surface area (Å²) in [6.45, 7) is 5.18. The van der Waals surface area contributed by atoms with E-state index in [9.17, 15) is 5.26 Å². The summed E-state index contributed by atoms with van der Waals surface area (Å²) in [7, 11) is 2.01. The highest BCUT2D eigenvalue weighted by molar-refractivity contribution is 5.81. The molecule has 0 radical (unpaired) electrons. The lowest BCUT2D eigenvalue weighted by molar-refractivity contribution is 0.122. The number of hydrogen-bond donors (Lipinski definition) is 2. The summed E-state index contributed by atoms with van der Waals surface area (Å²) in [5, 5.41) is 12.7. The molecule has 0 unspecified atom stereocenters. The molecule has 0 saturated carbocycles. The highest BCUT2D eigenvalue weighted by Gasteiger charge is 2.19. The molecule has 144 valence electrons. The molecule has 0 aliphatic carbocycles. The molecule has 1 saturated heterocycles. The Morgan fingerprint density at radius 1 is 1.29 bits per heavy atom. The minimum atomic E-state index is 0.138. The number of aryl methyl sites for hydroxylation is 2. The van der Waals surface area contributed by atoms with Gasteiger partial charge in [-0.25, -0.2) is 9.97 Å². The standard InChI is InChI=1S/C19H22N8O/c1-12-13(10-20)18(25-19(21)23-12)22-11-15-17(27-5-7-28-8-6-27)9-16-14(24-15)3-4-26(16)2/h3-4,9H,5-8,11H2,1-2H3,(H3,21,22,23,25). The van der Waals surface area contributed by atoms with Gasteiger partial charge in [0, 0.05) is 26.3 Å². The highest BCUT2D eigenvalue weighted by atomic mass is 16.5. The van der Waals surface area contributed by atoms with Crippen LogP contribution in [-0.2, 0) is 18.3 Å². The Bertz CT molecular complexity index is 1060. The Morgan fingerprint density at radius 2 is 2.07 bits per heavy atom. The van der Waals surface area contributed by atoms with Gasteiger partial charge in [0.1, 0.15) is 17.5 Å². The molecule has 4 heterocycles. The van der Waals surface area contributed by atoms with Crippen molar-refractivity contribution >= 4 is 28.5 Å². The van der Waals surface area contributed by atoms with E-state index >= 15 is 0 Å². The zero-order valence-electron chi connectivity index (χ0n) is 15.9. The van der Waals surface area contributed by atoms with Gasteiger partial charge in [0.2, 0.25) is 5.95 Å². The van der Waals surface area contributed by atoms with Crippen LogP contribution in [0.15, 0.2) is 18.3 Å². The maximum Gasteiger partial charge on any atom is 0.222 e. The number of nitrogens with zero attached hydrogens (tertiary/aromatic N) is 6. The fourth-order valence-electron chi connectivity index (χ4n) is 3.45. The summed E-state index contributed by atoms with van der Waals surface area (Å²) >= 11 is 0. The predicted octanol–water partition coefficient (Wildman–Crippen LogP) is 1.57. The number of anilines is 3. The van der Waals surface area contributed by atoms with E-state index in [1.54, 1.807) is 6.92 Å². The third-order valence-electron chi connectivity index (χ3n) is 4.92. The first-order valence-electron chi connectivity index (χ1n) is 9.12. The molecule has 4 rings (SSSR count). The zero-order chi connectivity index (χ0) is 19.7. The number of pyridine rings is 1. The maximum absolute atomic E-state index is 9.44. The van der Waals surface area contributed by atoms with Gasteiger partial charge in [-0.2, -0.15) is 10.2 Å². The summed E-state index contributed by atoms with van der Waals surface area (Å²) in [4.78, 5) is 15.4. The molecule has 0 bridgehead atoms. The van der Waals surface area contributed by atoms with Crippen LogP contribution in [0.3, 0.4) is 0 Å². The average Bonchev–Trinajstić information content (AvgIpc) is 3.06. The number of rotatable bonds is 4. The van der Waals surface area contributed by atoms with Crippen molar-refractivity contribution in [2.75, 3.05) is 42.3 Å². The molecule has 3 aromatic rings. The first-order valence-corrected chi connectivity index (χ1v) is 9.12. The Morgan fingerprint density at radius 3 is 2.82 bits per heavy atom. The summed E-state index contributed by atoms with van der Waals surface area (Å²) in [6, 6.07) is 6.30. The molecule has 1 fully saturated rings. The summed E-state index contributed by atoms with van der Waals surface area (Å²) in [5.41, 5.74) is 10.7. The summed E-state index contributed by atoms with van der Waals surface area (Å²) in [6.07, 6.45) is 2.00. The Kier molecular flexibility index (Phi) is 4.71. The van der Waals surface area contributed by atoms with Crippen LogP contribution in [0.25, 0.3) is 11.0 Å². The summed E-state index contributed by atoms with van der Waals surface area (Å²) < 4.78 is 7.55. The minimum absolute atomic E-state index is 0.138. The van der Waals surface area contributed by atoms with Gasteiger partial charge >= 0.3 is 0 Å². The van der Waals surface area contributed by atoms with Crippen molar-refractivity contribution in [1.82, 2.24) is 19.5 Å². The van der Waals surface area contributed by atoms with Gasteiger partial charge in [-0.3, -0.25) is 0 Å². The van der Waals surface area contributed by atoms with E-state index in [-0.39, 0.29) is 5.95 Å². The number of hydrogen-bond acceptors (Lipinski definition) is 8. The largest absolute Gasteiger partial charge is 0.378 e. The van der Waals surface area contributed by atoms with E-state index < -0.39 is 0 Å². The van der Waals surface area contributed by atoms with Crippen molar-refractivity contribution in [3.63, 3.8) is 0 Å². The first-order chi connectivity index (χ1) is 13.6. The van der Waals surface area contributed by atoms with Crippen LogP contribution in [0.5, 0.6) is 0 Å². The predicted molar refractivity (Wildman–Crippen MR) is 107 cm³/mol. The molecule has 0 aromatic carbocycles. The van der Waals surface area contributed by atoms with Crippen LogP contribution in [0.4, 0.5) is 17.5 Å². The van der Waals surface area contributed by atoms with E-state index in [1.165, 1.54) is 0 Å². The molecular formula is C19H22N8O. The van der Waals surface area contributed by atoms with Crippen LogP contribution in [0.1, 0.15) is 17.0 Å². The van der Waals surface area contributed by atoms with Crippen LogP contribution in [0.2, 0.25) is 0 Å². The molecule has 1 aliphatic rings. The van der Waals surface area contributed by atoms with Crippen molar-refractivity contribution in [3.8, 4) is 6.07 Å². The number of nitrogens with two attached hydrogens (primary N) is 1. The van der Waals surface area contributed by atoms with E-state index in [0.717, 1.165) is 35.5 Å². The second-order valence-electron chi connectivity index (χ2n) is 6.74. The molecule has 0 spiro atoms. The fourth-order valence-corrected chi connectivity index (χ4v) is 3.45. The molecule has 0 atom stereocenters. The number of ether oxygens (including phenoxy) is 1. The second-order valence-corrected chi connectivity index (χ2v) is 6.74. The highest BCUT2D eigenvalue weighted by Crippen LogP contribution is 2.27. The van der Waals surface area contributed by atoms with Gasteiger partial charge < -0.3 is 25.3 Å². The number of morpholine rings is 1. The molecular weight excluding hydrogens is 356 g/mol. The van der Waals surface area contributed by atoms with Crippen LogP contribution in [0, 0.1) is 18.3 Å². The van der Waals surface area contributed by atoms with E-state index in [4.69, 9.17) is 15.5 Å². The molecule has 28 heavy (non-hydrogen) atoms. The Balaban J connectivity index is 1.71. The van der Waals surface area contributed by atoms with E-state index in [1.807, 2.05) is 19.3 Å². The second kappa shape index (κ2) is 7.32. The molecule has 3 N–H and O–H groups in total. The van der Waals surface area contributed by atoms with E-state index in [0.29, 0.717) is 36.8 Å². The third kappa shape index (κ3) is 3.30. The van der Waals surface area contributed by atoms with E-state index in [2.05, 4.69) is 36.9 Å². The molecule has 9 nitrogen and oxygen atoms in total. The smallest absolute Gasteiger partial charge is 0.222 e. The normalized spacial score (nSPS) is 14.2. The zero-order valence-corrected chi connectivity index (χ0v) is 15.9. The topological polar surface area (TPSA) is 118 Å². The van der Waals surface area contributed by atoms with Crippen molar-refractivity contribution in [2.45, 2.75) is 13.5 Å². The van der Waals surface area contributed by atoms with Gasteiger partial charge in [0.05, 0.1) is 47.9 Å². The van der Waals surface area contributed by atoms with Gasteiger partial charge in [-0.1, -0.05) is 0 Å². The van der Waals surface area contributed by atoms with Crippen LogP contribution in [-0.4, -0.2) is 45.8 Å². The molecule has 3 aromatic heterocycles. The number of aromatic nitrogens is 4. The number of nitrogens with one attached hydrogen (secondary N) is 1. The van der Waals surface area contributed by atoms with Crippen molar-refractivity contribution in [2.24, 2.45) is 7.05 Å². The van der Waals surface area contributed by atoms with Crippen LogP contribution < -0.4 is 16.0 Å². The van der Waals surface area contributed by atoms with Gasteiger partial charge in [-0.15, -0.1) is 0 Å². The lowest BCUT2D eigenvalue weighted by Crippen LogP contribution is -2.37. The SMILES string of the molecule is Cc1nc(N)nc(NCc2nc3ccn(C)c3cc2N2CCOCC2)c1C#N. The van der Waals surface area contributed by atoms with Crippen molar-refractivity contribution in [3.05, 3.63) is 35.3 Å². The molecule has 9 heteroatoms. The lowest BCUT2D eigenvalue weighted by atomic mass is 10.2. The van der Waals surface area contributed by atoms with Gasteiger partial charge in [0.25, 0.3) is 0 Å². The van der Waals surface area contributed by atoms with Crippen LogP contribution >= 0.6 is 0 Å². The maximum atomic E-state index is 9.44. The lowest BCUT2D eigenvalue weighted by Gasteiger charge is -2.30. The van der Waals surface area contributed by atoms with Gasteiger partial charge in [-0.05, 0) is 19.1 Å². The number of nitriles is 1. The fraction of sp³-hybridized carbons (Fsp3) is 0.368. The number of nitrogen functional groups attached to an aromatic ring is 1. The van der Waals surface area contributed by atoms with Crippen molar-refractivity contribution < 1.29 is 4.74 Å². The summed E-state index contributed by atoms with van der Waals surface area (Å²) in [5.74, 6) is 0.564. The third-order valence-corrected chi connectivity index (χ3v) is 4.92. The minimum Gasteiger partial charge on any atom is -0.378 e.